The molecule has 2 aromatic rings. The number of rotatable bonds is 1. The molecule has 88 valence electrons. The summed E-state index contributed by atoms with van der Waals surface area (Å²) in [7, 11) is 0. The van der Waals surface area contributed by atoms with E-state index in [0.717, 1.165) is 11.9 Å². The highest BCUT2D eigenvalue weighted by Gasteiger charge is 2.32. The Hall–Kier alpha value is -1.41. The number of pyridine rings is 1. The van der Waals surface area contributed by atoms with Crippen LogP contribution in [0.15, 0.2) is 36.5 Å². The Morgan fingerprint density at radius 1 is 1.18 bits per heavy atom. The molecule has 3 atom stereocenters. The average Bonchev–Trinajstić information content (AvgIpc) is 2.69. The average molecular weight is 226 g/mol. The molecule has 17 heavy (non-hydrogen) atoms. The van der Waals surface area contributed by atoms with Crippen molar-refractivity contribution >= 4 is 10.9 Å². The highest BCUT2D eigenvalue weighted by atomic mass is 14.7. The molecule has 1 heterocycles. The van der Waals surface area contributed by atoms with E-state index in [9.17, 15) is 0 Å². The maximum atomic E-state index is 6.13. The number of benzene rings is 1. The molecular formula is C15H18N2. The Balaban J connectivity index is 2.11. The summed E-state index contributed by atoms with van der Waals surface area (Å²) in [5.74, 6) is 1.13. The first-order valence-corrected chi connectivity index (χ1v) is 6.36. The van der Waals surface area contributed by atoms with Gasteiger partial charge < -0.3 is 5.73 Å². The van der Waals surface area contributed by atoms with Gasteiger partial charge in [-0.1, -0.05) is 31.2 Å². The van der Waals surface area contributed by atoms with Gasteiger partial charge >= 0.3 is 0 Å². The Kier molecular flexibility index (Phi) is 2.60. The topological polar surface area (TPSA) is 38.9 Å². The molecule has 1 aliphatic carbocycles. The number of fused-ring (bicyclic) bond motifs is 1. The molecule has 3 unspecified atom stereocenters. The molecule has 2 heteroatoms. The number of nitrogens with zero attached hydrogens (tertiary/aromatic N) is 1. The van der Waals surface area contributed by atoms with Gasteiger partial charge in [0.1, 0.15) is 0 Å². The second-order valence-electron chi connectivity index (χ2n) is 5.13. The van der Waals surface area contributed by atoms with Gasteiger partial charge in [0.2, 0.25) is 0 Å². The van der Waals surface area contributed by atoms with E-state index >= 15 is 0 Å². The van der Waals surface area contributed by atoms with E-state index in [2.05, 4.69) is 36.2 Å². The zero-order valence-electron chi connectivity index (χ0n) is 10.1. The Morgan fingerprint density at radius 2 is 2.00 bits per heavy atom. The van der Waals surface area contributed by atoms with Gasteiger partial charge in [-0.2, -0.15) is 0 Å². The molecule has 0 amide bonds. The molecule has 1 saturated carbocycles. The van der Waals surface area contributed by atoms with Crippen LogP contribution in [0, 0.1) is 5.92 Å². The molecule has 1 aliphatic rings. The number of nitrogens with two attached hydrogens (primary N) is 1. The van der Waals surface area contributed by atoms with Gasteiger partial charge in [0.15, 0.2) is 0 Å². The summed E-state index contributed by atoms with van der Waals surface area (Å²) in [6, 6.07) is 11.0. The predicted octanol–water partition coefficient (Wildman–Crippen LogP) is 3.08. The monoisotopic (exact) mass is 226 g/mol. The first kappa shape index (κ1) is 10.7. The van der Waals surface area contributed by atoms with Crippen LogP contribution in [-0.4, -0.2) is 11.0 Å². The third kappa shape index (κ3) is 1.73. The summed E-state index contributed by atoms with van der Waals surface area (Å²) in [6.45, 7) is 2.27. The molecule has 1 aromatic carbocycles. The first-order chi connectivity index (χ1) is 8.27. The standard InChI is InChI=1S/C15H18N2/c1-10-12(7-8-14(10)16)13-6-2-4-11-5-3-9-17-15(11)13/h2-6,9-10,12,14H,7-8,16H2,1H3. The van der Waals surface area contributed by atoms with Crippen molar-refractivity contribution in [2.24, 2.45) is 11.7 Å². The minimum Gasteiger partial charge on any atom is -0.327 e. The lowest BCUT2D eigenvalue weighted by Gasteiger charge is -2.19. The molecule has 3 rings (SSSR count). The number of hydrogen-bond donors (Lipinski definition) is 1. The van der Waals surface area contributed by atoms with Crippen molar-refractivity contribution in [2.45, 2.75) is 31.7 Å². The molecular weight excluding hydrogens is 208 g/mol. The van der Waals surface area contributed by atoms with E-state index in [1.54, 1.807) is 0 Å². The summed E-state index contributed by atoms with van der Waals surface area (Å²) in [5, 5.41) is 1.23. The van der Waals surface area contributed by atoms with Crippen LogP contribution < -0.4 is 5.73 Å². The fourth-order valence-corrected chi connectivity index (χ4v) is 3.06. The summed E-state index contributed by atoms with van der Waals surface area (Å²) in [6.07, 6.45) is 4.21. The number of aromatic nitrogens is 1. The molecule has 1 aromatic heterocycles. The van der Waals surface area contributed by atoms with E-state index in [1.165, 1.54) is 17.4 Å². The molecule has 0 saturated heterocycles. The van der Waals surface area contributed by atoms with Crippen molar-refractivity contribution in [1.29, 1.82) is 0 Å². The Labute approximate surface area is 102 Å². The van der Waals surface area contributed by atoms with Crippen LogP contribution >= 0.6 is 0 Å². The lowest BCUT2D eigenvalue weighted by molar-refractivity contribution is 0.481. The third-order valence-corrected chi connectivity index (χ3v) is 4.18. The van der Waals surface area contributed by atoms with Gasteiger partial charge in [-0.25, -0.2) is 0 Å². The molecule has 2 N–H and O–H groups in total. The van der Waals surface area contributed by atoms with Gasteiger partial charge in [-0.05, 0) is 36.3 Å². The Bertz CT molecular complexity index is 530. The van der Waals surface area contributed by atoms with E-state index in [4.69, 9.17) is 5.73 Å². The molecule has 2 nitrogen and oxygen atoms in total. The smallest absolute Gasteiger partial charge is 0.0736 e. The first-order valence-electron chi connectivity index (χ1n) is 6.36. The maximum absolute atomic E-state index is 6.13. The summed E-state index contributed by atoms with van der Waals surface area (Å²) >= 11 is 0. The van der Waals surface area contributed by atoms with Crippen LogP contribution in [0.4, 0.5) is 0 Å². The van der Waals surface area contributed by atoms with Gasteiger partial charge in [0, 0.05) is 17.6 Å². The minimum absolute atomic E-state index is 0.346. The zero-order valence-corrected chi connectivity index (χ0v) is 10.1. The zero-order chi connectivity index (χ0) is 11.8. The SMILES string of the molecule is CC1C(N)CCC1c1cccc2cccnc12. The summed E-state index contributed by atoms with van der Waals surface area (Å²) in [5.41, 5.74) is 8.66. The lowest BCUT2D eigenvalue weighted by atomic mass is 9.87. The molecule has 1 fully saturated rings. The second kappa shape index (κ2) is 4.11. The second-order valence-corrected chi connectivity index (χ2v) is 5.13. The normalized spacial score (nSPS) is 28.7. The van der Waals surface area contributed by atoms with Crippen LogP contribution in [-0.2, 0) is 0 Å². The van der Waals surface area contributed by atoms with Gasteiger partial charge in [-0.3, -0.25) is 4.98 Å². The fourth-order valence-electron chi connectivity index (χ4n) is 3.06. The van der Waals surface area contributed by atoms with Crippen LogP contribution in [0.2, 0.25) is 0 Å². The molecule has 0 bridgehead atoms. The van der Waals surface area contributed by atoms with Crippen molar-refractivity contribution in [1.82, 2.24) is 4.98 Å². The van der Waals surface area contributed by atoms with Crippen LogP contribution in [0.3, 0.4) is 0 Å². The maximum Gasteiger partial charge on any atom is 0.0736 e. The highest BCUT2D eigenvalue weighted by Crippen LogP contribution is 2.40. The van der Waals surface area contributed by atoms with Gasteiger partial charge in [-0.15, -0.1) is 0 Å². The van der Waals surface area contributed by atoms with Crippen molar-refractivity contribution in [3.63, 3.8) is 0 Å². The van der Waals surface area contributed by atoms with Crippen molar-refractivity contribution in [2.75, 3.05) is 0 Å². The van der Waals surface area contributed by atoms with Crippen molar-refractivity contribution in [3.05, 3.63) is 42.1 Å². The third-order valence-electron chi connectivity index (χ3n) is 4.18. The predicted molar refractivity (Wildman–Crippen MR) is 70.9 cm³/mol. The minimum atomic E-state index is 0.346. The highest BCUT2D eigenvalue weighted by molar-refractivity contribution is 5.82. The van der Waals surface area contributed by atoms with E-state index in [-0.39, 0.29) is 0 Å². The largest absolute Gasteiger partial charge is 0.327 e. The summed E-state index contributed by atoms with van der Waals surface area (Å²) < 4.78 is 0. The van der Waals surface area contributed by atoms with Crippen LogP contribution in [0.1, 0.15) is 31.2 Å². The van der Waals surface area contributed by atoms with E-state index in [0.29, 0.717) is 17.9 Å². The van der Waals surface area contributed by atoms with Crippen LogP contribution in [0.5, 0.6) is 0 Å². The number of hydrogen-bond acceptors (Lipinski definition) is 2. The van der Waals surface area contributed by atoms with Gasteiger partial charge in [0.25, 0.3) is 0 Å². The quantitative estimate of drug-likeness (QED) is 0.811. The molecule has 0 aliphatic heterocycles. The van der Waals surface area contributed by atoms with Crippen molar-refractivity contribution < 1.29 is 0 Å². The van der Waals surface area contributed by atoms with Gasteiger partial charge in [0.05, 0.1) is 5.52 Å². The fraction of sp³-hybridized carbons (Fsp3) is 0.400. The molecule has 0 spiro atoms. The van der Waals surface area contributed by atoms with E-state index < -0.39 is 0 Å². The lowest BCUT2D eigenvalue weighted by Crippen LogP contribution is -2.24. The number of para-hydroxylation sites is 1. The molecule has 0 radical (unpaired) electrons. The van der Waals surface area contributed by atoms with Crippen molar-refractivity contribution in [3.8, 4) is 0 Å². The summed E-state index contributed by atoms with van der Waals surface area (Å²) in [4.78, 5) is 4.54. The Morgan fingerprint density at radius 3 is 2.76 bits per heavy atom. The van der Waals surface area contributed by atoms with Crippen LogP contribution in [0.25, 0.3) is 10.9 Å². The van der Waals surface area contributed by atoms with E-state index in [1.807, 2.05) is 12.3 Å².